The molecule has 0 amide bonds. The van der Waals surface area contributed by atoms with Crippen molar-refractivity contribution in [1.29, 1.82) is 0 Å². The predicted octanol–water partition coefficient (Wildman–Crippen LogP) is 4.37. The van der Waals surface area contributed by atoms with E-state index in [1.807, 2.05) is 20.8 Å². The van der Waals surface area contributed by atoms with E-state index in [0.717, 1.165) is 10.8 Å². The molecule has 0 bridgehead atoms. The van der Waals surface area contributed by atoms with Crippen LogP contribution in [-0.4, -0.2) is 31.6 Å². The minimum absolute atomic E-state index is 0.299. The van der Waals surface area contributed by atoms with E-state index in [1.165, 1.54) is 0 Å². The summed E-state index contributed by atoms with van der Waals surface area (Å²) in [5.74, 6) is -0.325. The Labute approximate surface area is 156 Å². The summed E-state index contributed by atoms with van der Waals surface area (Å²) in [4.78, 5) is 23.5. The molecule has 2 rings (SSSR count). The zero-order valence-corrected chi connectivity index (χ0v) is 15.5. The molecule has 0 aromatic heterocycles. The number of ether oxygens (including phenoxy) is 3. The Hall–Kier alpha value is -2.70. The SMILES string of the molecule is CCC(C)(C)C(=O)Oc1ccc2cc(OCC(=O)OCC(F)F)ccc2c1. The number of alkyl halides is 2. The molecule has 7 heteroatoms. The highest BCUT2D eigenvalue weighted by atomic mass is 19.3. The second-order valence-electron chi connectivity index (χ2n) is 6.66. The molecule has 5 nitrogen and oxygen atoms in total. The Balaban J connectivity index is 2.02. The van der Waals surface area contributed by atoms with Gasteiger partial charge in [-0.3, -0.25) is 4.79 Å². The minimum Gasteiger partial charge on any atom is -0.482 e. The third-order valence-corrected chi connectivity index (χ3v) is 4.16. The number of carbonyl (C=O) groups is 2. The van der Waals surface area contributed by atoms with E-state index in [4.69, 9.17) is 9.47 Å². The van der Waals surface area contributed by atoms with Crippen molar-refractivity contribution in [3.05, 3.63) is 36.4 Å². The van der Waals surface area contributed by atoms with Gasteiger partial charge in [0, 0.05) is 0 Å². The summed E-state index contributed by atoms with van der Waals surface area (Å²) in [5, 5.41) is 1.63. The first kappa shape index (κ1) is 20.6. The van der Waals surface area contributed by atoms with Crippen molar-refractivity contribution < 1.29 is 32.6 Å². The van der Waals surface area contributed by atoms with Gasteiger partial charge in [-0.2, -0.15) is 0 Å². The fraction of sp³-hybridized carbons (Fsp3) is 0.400. The Morgan fingerprint density at radius 2 is 1.63 bits per heavy atom. The van der Waals surface area contributed by atoms with Crippen LogP contribution in [0.4, 0.5) is 8.78 Å². The first-order valence-electron chi connectivity index (χ1n) is 8.54. The van der Waals surface area contributed by atoms with Gasteiger partial charge >= 0.3 is 11.9 Å². The van der Waals surface area contributed by atoms with Crippen molar-refractivity contribution in [2.45, 2.75) is 33.6 Å². The van der Waals surface area contributed by atoms with E-state index in [1.54, 1.807) is 36.4 Å². The fourth-order valence-electron chi connectivity index (χ4n) is 2.08. The maximum atomic E-state index is 12.2. The van der Waals surface area contributed by atoms with E-state index in [2.05, 4.69) is 4.74 Å². The normalized spacial score (nSPS) is 11.5. The molecule has 0 N–H and O–H groups in total. The number of fused-ring (bicyclic) bond motifs is 1. The Morgan fingerprint density at radius 3 is 2.22 bits per heavy atom. The average Bonchev–Trinajstić information content (AvgIpc) is 2.64. The number of hydrogen-bond donors (Lipinski definition) is 0. The second kappa shape index (κ2) is 8.79. The molecule has 0 radical (unpaired) electrons. The van der Waals surface area contributed by atoms with Crippen molar-refractivity contribution in [1.82, 2.24) is 0 Å². The predicted molar refractivity (Wildman–Crippen MR) is 96.1 cm³/mol. The van der Waals surface area contributed by atoms with Crippen LogP contribution < -0.4 is 9.47 Å². The quantitative estimate of drug-likeness (QED) is 0.503. The summed E-state index contributed by atoms with van der Waals surface area (Å²) in [6.07, 6.45) is -2.04. The van der Waals surface area contributed by atoms with Gasteiger partial charge in [-0.25, -0.2) is 13.6 Å². The summed E-state index contributed by atoms with van der Waals surface area (Å²) in [6.45, 7) is 4.17. The standard InChI is InChI=1S/C20H22F2O5/c1-4-20(2,3)19(24)27-16-8-6-13-9-15(7-5-14(13)10-16)25-12-18(23)26-11-17(21)22/h5-10,17H,4,11-12H2,1-3H3. The molecular formula is C20H22F2O5. The molecule has 0 aliphatic heterocycles. The largest absolute Gasteiger partial charge is 0.482 e. The maximum Gasteiger partial charge on any atom is 0.344 e. The van der Waals surface area contributed by atoms with E-state index in [9.17, 15) is 18.4 Å². The molecule has 0 fully saturated rings. The lowest BCUT2D eigenvalue weighted by Crippen LogP contribution is -2.28. The lowest BCUT2D eigenvalue weighted by atomic mass is 9.91. The van der Waals surface area contributed by atoms with Crippen LogP contribution in [0.25, 0.3) is 10.8 Å². The van der Waals surface area contributed by atoms with Gasteiger partial charge in [0.15, 0.2) is 13.2 Å². The monoisotopic (exact) mass is 380 g/mol. The van der Waals surface area contributed by atoms with Crippen molar-refractivity contribution in [2.24, 2.45) is 5.41 Å². The zero-order chi connectivity index (χ0) is 20.0. The molecule has 0 atom stereocenters. The smallest absolute Gasteiger partial charge is 0.344 e. The van der Waals surface area contributed by atoms with Gasteiger partial charge in [0.05, 0.1) is 5.41 Å². The average molecular weight is 380 g/mol. The van der Waals surface area contributed by atoms with E-state index >= 15 is 0 Å². The third-order valence-electron chi connectivity index (χ3n) is 4.16. The van der Waals surface area contributed by atoms with Crippen LogP contribution in [0, 0.1) is 5.41 Å². The van der Waals surface area contributed by atoms with Gasteiger partial charge in [0.1, 0.15) is 11.5 Å². The van der Waals surface area contributed by atoms with Gasteiger partial charge < -0.3 is 14.2 Å². The van der Waals surface area contributed by atoms with Gasteiger partial charge in [-0.05, 0) is 55.3 Å². The Bertz CT molecular complexity index is 817. The lowest BCUT2D eigenvalue weighted by molar-refractivity contribution is -0.150. The van der Waals surface area contributed by atoms with Crippen LogP contribution in [0.15, 0.2) is 36.4 Å². The molecule has 27 heavy (non-hydrogen) atoms. The topological polar surface area (TPSA) is 61.8 Å². The van der Waals surface area contributed by atoms with Crippen LogP contribution in [0.2, 0.25) is 0 Å². The molecule has 0 aliphatic rings. The zero-order valence-electron chi connectivity index (χ0n) is 15.5. The van der Waals surface area contributed by atoms with Crippen molar-refractivity contribution >= 4 is 22.7 Å². The summed E-state index contributed by atoms with van der Waals surface area (Å²) in [6, 6.07) is 10.2. The lowest BCUT2D eigenvalue weighted by Gasteiger charge is -2.20. The number of rotatable bonds is 8. The number of benzene rings is 2. The molecule has 0 unspecified atom stereocenters. The number of halogens is 2. The molecule has 0 heterocycles. The first-order valence-corrected chi connectivity index (χ1v) is 8.54. The molecule has 2 aromatic carbocycles. The summed E-state index contributed by atoms with van der Waals surface area (Å²) in [5.41, 5.74) is -0.564. The molecule has 0 saturated heterocycles. The van der Waals surface area contributed by atoms with Crippen LogP contribution >= 0.6 is 0 Å². The van der Waals surface area contributed by atoms with Gasteiger partial charge in [0.25, 0.3) is 6.43 Å². The van der Waals surface area contributed by atoms with Crippen molar-refractivity contribution in [3.8, 4) is 11.5 Å². The summed E-state index contributed by atoms with van der Waals surface area (Å²) < 4.78 is 39.0. The van der Waals surface area contributed by atoms with Crippen molar-refractivity contribution in [3.63, 3.8) is 0 Å². The molecule has 2 aromatic rings. The fourth-order valence-corrected chi connectivity index (χ4v) is 2.08. The van der Waals surface area contributed by atoms with Crippen LogP contribution in [-0.2, 0) is 14.3 Å². The molecule has 0 saturated carbocycles. The van der Waals surface area contributed by atoms with Gasteiger partial charge in [-0.1, -0.05) is 19.1 Å². The molecule has 0 aliphatic carbocycles. The Morgan fingerprint density at radius 1 is 1.04 bits per heavy atom. The number of esters is 2. The van der Waals surface area contributed by atoms with E-state index < -0.39 is 31.0 Å². The van der Waals surface area contributed by atoms with Gasteiger partial charge in [-0.15, -0.1) is 0 Å². The highest BCUT2D eigenvalue weighted by Crippen LogP contribution is 2.28. The highest BCUT2D eigenvalue weighted by Gasteiger charge is 2.27. The number of hydrogen-bond acceptors (Lipinski definition) is 5. The molecular weight excluding hydrogens is 358 g/mol. The van der Waals surface area contributed by atoms with Gasteiger partial charge in [0.2, 0.25) is 0 Å². The minimum atomic E-state index is -2.71. The van der Waals surface area contributed by atoms with Crippen LogP contribution in [0.5, 0.6) is 11.5 Å². The highest BCUT2D eigenvalue weighted by molar-refractivity contribution is 5.86. The van der Waals surface area contributed by atoms with Crippen molar-refractivity contribution in [2.75, 3.05) is 13.2 Å². The van der Waals surface area contributed by atoms with Crippen LogP contribution in [0.1, 0.15) is 27.2 Å². The second-order valence-corrected chi connectivity index (χ2v) is 6.66. The molecule has 0 spiro atoms. The Kier molecular flexibility index (Phi) is 6.71. The third kappa shape index (κ3) is 5.91. The molecule has 146 valence electrons. The number of carbonyl (C=O) groups excluding carboxylic acids is 2. The summed E-state index contributed by atoms with van der Waals surface area (Å²) >= 11 is 0. The first-order chi connectivity index (χ1) is 12.7. The summed E-state index contributed by atoms with van der Waals surface area (Å²) in [7, 11) is 0. The maximum absolute atomic E-state index is 12.2. The van der Waals surface area contributed by atoms with E-state index in [0.29, 0.717) is 17.9 Å². The van der Waals surface area contributed by atoms with E-state index in [-0.39, 0.29) is 5.97 Å². The van der Waals surface area contributed by atoms with Crippen LogP contribution in [0.3, 0.4) is 0 Å².